The van der Waals surface area contributed by atoms with Crippen molar-refractivity contribution in [3.05, 3.63) is 63.9 Å². The largest absolute Gasteiger partial charge is 0.491 e. The lowest BCUT2D eigenvalue weighted by Gasteiger charge is -2.10. The number of aromatic nitrogens is 2. The first-order valence-electron chi connectivity index (χ1n) is 7.13. The Morgan fingerprint density at radius 3 is 2.74 bits per heavy atom. The van der Waals surface area contributed by atoms with Crippen molar-refractivity contribution in [2.45, 2.75) is 5.16 Å². The first kappa shape index (κ1) is 15.9. The van der Waals surface area contributed by atoms with Gasteiger partial charge in [0.2, 0.25) is 0 Å². The molecule has 1 aromatic heterocycles. The summed E-state index contributed by atoms with van der Waals surface area (Å²) >= 11 is 7.53. The number of benzene rings is 2. The molecule has 0 atom stereocenters. The molecule has 0 unspecified atom stereocenters. The highest BCUT2D eigenvalue weighted by molar-refractivity contribution is 7.99. The second kappa shape index (κ2) is 7.06. The van der Waals surface area contributed by atoms with E-state index in [0.717, 1.165) is 0 Å². The van der Waals surface area contributed by atoms with E-state index in [1.54, 1.807) is 23.7 Å². The predicted octanol–water partition coefficient (Wildman–Crippen LogP) is 3.76. The van der Waals surface area contributed by atoms with Gasteiger partial charge in [0.15, 0.2) is 5.16 Å². The van der Waals surface area contributed by atoms with E-state index in [1.165, 1.54) is 11.8 Å². The van der Waals surface area contributed by atoms with Crippen LogP contribution < -0.4 is 10.3 Å². The van der Waals surface area contributed by atoms with E-state index < -0.39 is 0 Å². The van der Waals surface area contributed by atoms with Crippen LogP contribution in [0, 0.1) is 0 Å². The maximum atomic E-state index is 12.3. The molecule has 118 valence electrons. The highest BCUT2D eigenvalue weighted by Crippen LogP contribution is 2.23. The van der Waals surface area contributed by atoms with Crippen molar-refractivity contribution < 1.29 is 4.74 Å². The molecule has 0 fully saturated rings. The topological polar surface area (TPSA) is 44.1 Å². The number of halogens is 1. The summed E-state index contributed by atoms with van der Waals surface area (Å²) in [5.74, 6) is 1.33. The zero-order valence-corrected chi connectivity index (χ0v) is 14.1. The molecule has 0 aliphatic carbocycles. The summed E-state index contributed by atoms with van der Waals surface area (Å²) in [6.07, 6.45) is 0. The standard InChI is InChI=1S/C17H15ClN2O2S/c1-20-16(21)12-6-2-4-8-14(12)19-17(20)23-11-10-22-15-9-5-3-7-13(15)18/h2-9H,10-11H2,1H3. The summed E-state index contributed by atoms with van der Waals surface area (Å²) < 4.78 is 7.22. The van der Waals surface area contributed by atoms with Crippen LogP contribution in [-0.4, -0.2) is 21.9 Å². The summed E-state index contributed by atoms with van der Waals surface area (Å²) in [5, 5.41) is 1.90. The minimum Gasteiger partial charge on any atom is -0.491 e. The van der Waals surface area contributed by atoms with Gasteiger partial charge in [0.25, 0.3) is 5.56 Å². The number of hydrogen-bond donors (Lipinski definition) is 0. The van der Waals surface area contributed by atoms with Gasteiger partial charge in [0, 0.05) is 12.8 Å². The molecule has 0 radical (unpaired) electrons. The number of fused-ring (bicyclic) bond motifs is 1. The quantitative estimate of drug-likeness (QED) is 0.401. The summed E-state index contributed by atoms with van der Waals surface area (Å²) in [7, 11) is 1.74. The normalized spacial score (nSPS) is 10.9. The minimum absolute atomic E-state index is 0.0369. The molecule has 0 saturated carbocycles. The van der Waals surface area contributed by atoms with E-state index in [2.05, 4.69) is 4.98 Å². The molecule has 0 N–H and O–H groups in total. The Bertz CT molecular complexity index is 895. The highest BCUT2D eigenvalue weighted by atomic mass is 35.5. The minimum atomic E-state index is -0.0369. The molecular formula is C17H15ClN2O2S. The van der Waals surface area contributed by atoms with Gasteiger partial charge in [-0.15, -0.1) is 0 Å². The number of nitrogens with zero attached hydrogens (tertiary/aromatic N) is 2. The predicted molar refractivity (Wildman–Crippen MR) is 94.7 cm³/mol. The summed E-state index contributed by atoms with van der Waals surface area (Å²) in [6.45, 7) is 0.483. The SMILES string of the molecule is Cn1c(SCCOc2ccccc2Cl)nc2ccccc2c1=O. The number of para-hydroxylation sites is 2. The van der Waals surface area contributed by atoms with Gasteiger partial charge in [0.1, 0.15) is 5.75 Å². The van der Waals surface area contributed by atoms with E-state index in [0.29, 0.717) is 39.2 Å². The monoisotopic (exact) mass is 346 g/mol. The molecule has 0 amide bonds. The van der Waals surface area contributed by atoms with Crippen LogP contribution in [-0.2, 0) is 7.05 Å². The zero-order chi connectivity index (χ0) is 16.2. The third-order valence-electron chi connectivity index (χ3n) is 3.35. The van der Waals surface area contributed by atoms with Gasteiger partial charge >= 0.3 is 0 Å². The van der Waals surface area contributed by atoms with Crippen molar-refractivity contribution in [3.8, 4) is 5.75 Å². The van der Waals surface area contributed by atoms with Crippen LogP contribution in [0.3, 0.4) is 0 Å². The van der Waals surface area contributed by atoms with Gasteiger partial charge in [-0.3, -0.25) is 9.36 Å². The van der Waals surface area contributed by atoms with E-state index in [4.69, 9.17) is 16.3 Å². The highest BCUT2D eigenvalue weighted by Gasteiger charge is 2.08. The summed E-state index contributed by atoms with van der Waals surface area (Å²) in [6, 6.07) is 14.7. The molecule has 3 aromatic rings. The lowest BCUT2D eigenvalue weighted by atomic mass is 10.2. The average Bonchev–Trinajstić information content (AvgIpc) is 2.57. The second-order valence-corrected chi connectivity index (χ2v) is 6.37. The number of thioether (sulfide) groups is 1. The van der Waals surface area contributed by atoms with Crippen LogP contribution in [0.5, 0.6) is 5.75 Å². The van der Waals surface area contributed by atoms with Crippen LogP contribution in [0.1, 0.15) is 0 Å². The van der Waals surface area contributed by atoms with Crippen molar-refractivity contribution in [3.63, 3.8) is 0 Å². The number of rotatable bonds is 5. The smallest absolute Gasteiger partial charge is 0.261 e. The molecule has 1 heterocycles. The van der Waals surface area contributed by atoms with Crippen LogP contribution in [0.25, 0.3) is 10.9 Å². The lowest BCUT2D eigenvalue weighted by molar-refractivity contribution is 0.344. The molecule has 0 bridgehead atoms. The molecule has 3 rings (SSSR count). The third kappa shape index (κ3) is 3.51. The van der Waals surface area contributed by atoms with Crippen LogP contribution >= 0.6 is 23.4 Å². The van der Waals surface area contributed by atoms with E-state index >= 15 is 0 Å². The van der Waals surface area contributed by atoms with Crippen molar-refractivity contribution in [1.29, 1.82) is 0 Å². The van der Waals surface area contributed by atoms with Crippen LogP contribution in [0.2, 0.25) is 5.02 Å². The van der Waals surface area contributed by atoms with Gasteiger partial charge in [0.05, 0.1) is 22.5 Å². The van der Waals surface area contributed by atoms with Gasteiger partial charge in [-0.1, -0.05) is 47.6 Å². The molecule has 0 aliphatic rings. The Morgan fingerprint density at radius 1 is 1.17 bits per heavy atom. The summed E-state index contributed by atoms with van der Waals surface area (Å²) in [4.78, 5) is 16.9. The zero-order valence-electron chi connectivity index (χ0n) is 12.5. The number of hydrogen-bond acceptors (Lipinski definition) is 4. The van der Waals surface area contributed by atoms with Crippen LogP contribution in [0.4, 0.5) is 0 Å². The van der Waals surface area contributed by atoms with Gasteiger partial charge in [-0.05, 0) is 24.3 Å². The van der Waals surface area contributed by atoms with E-state index in [9.17, 15) is 4.79 Å². The first-order chi connectivity index (χ1) is 11.2. The fourth-order valence-electron chi connectivity index (χ4n) is 2.17. The maximum Gasteiger partial charge on any atom is 0.261 e. The third-order valence-corrected chi connectivity index (χ3v) is 4.66. The Labute approximate surface area is 143 Å². The van der Waals surface area contributed by atoms with Gasteiger partial charge in [-0.25, -0.2) is 4.98 Å². The van der Waals surface area contributed by atoms with E-state index in [-0.39, 0.29) is 5.56 Å². The molecule has 6 heteroatoms. The molecule has 23 heavy (non-hydrogen) atoms. The molecule has 2 aromatic carbocycles. The Hall–Kier alpha value is -1.98. The van der Waals surface area contributed by atoms with Gasteiger partial charge < -0.3 is 4.74 Å². The molecular weight excluding hydrogens is 332 g/mol. The average molecular weight is 347 g/mol. The first-order valence-corrected chi connectivity index (χ1v) is 8.49. The Balaban J connectivity index is 1.69. The van der Waals surface area contributed by atoms with Crippen molar-refractivity contribution in [2.24, 2.45) is 7.05 Å². The number of ether oxygens (including phenoxy) is 1. The molecule has 4 nitrogen and oxygen atoms in total. The molecule has 0 spiro atoms. The molecule has 0 saturated heterocycles. The molecule has 0 aliphatic heterocycles. The van der Waals surface area contributed by atoms with E-state index in [1.807, 2.05) is 36.4 Å². The maximum absolute atomic E-state index is 12.3. The lowest BCUT2D eigenvalue weighted by Crippen LogP contribution is -2.20. The van der Waals surface area contributed by atoms with Crippen LogP contribution in [0.15, 0.2) is 58.5 Å². The summed E-state index contributed by atoms with van der Waals surface area (Å²) in [5.41, 5.74) is 0.676. The van der Waals surface area contributed by atoms with Crippen molar-refractivity contribution in [1.82, 2.24) is 9.55 Å². The fraction of sp³-hybridized carbons (Fsp3) is 0.176. The Kier molecular flexibility index (Phi) is 4.88. The van der Waals surface area contributed by atoms with Crippen molar-refractivity contribution >= 4 is 34.3 Å². The van der Waals surface area contributed by atoms with Crippen molar-refractivity contribution in [2.75, 3.05) is 12.4 Å². The fourth-order valence-corrected chi connectivity index (χ4v) is 3.15. The van der Waals surface area contributed by atoms with Gasteiger partial charge in [-0.2, -0.15) is 0 Å². The second-order valence-electron chi connectivity index (χ2n) is 4.90. The Morgan fingerprint density at radius 2 is 1.91 bits per heavy atom.